The van der Waals surface area contributed by atoms with E-state index in [1.165, 1.54) is 0 Å². The smallest absolute Gasteiger partial charge is 0.248 e. The Hall–Kier alpha value is -4.56. The molecule has 5 N–H and O–H groups in total. The first-order valence-corrected chi connectivity index (χ1v) is 14.7. The van der Waals surface area contributed by atoms with Crippen LogP contribution in [0.15, 0.2) is 40.8 Å². The molecule has 11 heteroatoms. The zero-order valence-electron chi connectivity index (χ0n) is 24.7. The average Bonchev–Trinajstić information content (AvgIpc) is 3.66. The Morgan fingerprint density at radius 3 is 2.16 bits per heavy atom. The van der Waals surface area contributed by atoms with Gasteiger partial charge in [0.1, 0.15) is 11.5 Å². The lowest BCUT2D eigenvalue weighted by atomic mass is 9.68. The van der Waals surface area contributed by atoms with E-state index in [-0.39, 0.29) is 24.4 Å². The van der Waals surface area contributed by atoms with Gasteiger partial charge in [-0.25, -0.2) is 0 Å². The second-order valence-corrected chi connectivity index (χ2v) is 11.8. The Morgan fingerprint density at radius 2 is 1.65 bits per heavy atom. The van der Waals surface area contributed by atoms with Crippen molar-refractivity contribution in [1.29, 1.82) is 5.26 Å². The van der Waals surface area contributed by atoms with Gasteiger partial charge in [-0.05, 0) is 85.5 Å². The standard InChI is InChI=1S/C32H37N7O4/c1-18(2)30-37-38-31(43-30)32(15-19(3)36-17-27(40)39-12-4-5-24(39)16-33)25-10-8-22(28(34)41)13-20(25)6-7-21-14-23(29(35)42)9-11-26(21)32/h8-11,13-14,18-19,24,36H,4-7,12,15,17H2,1-3H3,(H2,34,41)(H2,35,42)/t19-,24+/m1/s1. The molecule has 5 rings (SSSR count). The number of rotatable bonds is 9. The summed E-state index contributed by atoms with van der Waals surface area (Å²) in [5.41, 5.74) is 14.7. The molecule has 3 aromatic rings. The predicted octanol–water partition coefficient (Wildman–Crippen LogP) is 2.71. The SMILES string of the molecule is CC(C)c1nnc(C2(C[C@@H](C)NCC(=O)N3CCC[C@H]3C#N)c3ccc(C(N)=O)cc3CCc3cc(C(N)=O)ccc32)o1. The van der Waals surface area contributed by atoms with Crippen molar-refractivity contribution in [1.82, 2.24) is 20.4 Å². The van der Waals surface area contributed by atoms with Crippen LogP contribution in [0.2, 0.25) is 0 Å². The number of nitriles is 1. The van der Waals surface area contributed by atoms with Gasteiger partial charge in [0.05, 0.1) is 12.6 Å². The van der Waals surface area contributed by atoms with Crippen LogP contribution in [0.3, 0.4) is 0 Å². The minimum Gasteiger partial charge on any atom is -0.424 e. The van der Waals surface area contributed by atoms with Crippen LogP contribution in [0.4, 0.5) is 0 Å². The Morgan fingerprint density at radius 1 is 1.05 bits per heavy atom. The molecule has 2 aromatic carbocycles. The fourth-order valence-electron chi connectivity index (χ4n) is 6.43. The Bertz CT molecular complexity index is 1540. The average molecular weight is 584 g/mol. The number of aromatic nitrogens is 2. The van der Waals surface area contributed by atoms with Gasteiger partial charge in [0.15, 0.2) is 0 Å². The van der Waals surface area contributed by atoms with Crippen LogP contribution in [0.25, 0.3) is 0 Å². The highest BCUT2D eigenvalue weighted by atomic mass is 16.4. The third kappa shape index (κ3) is 5.62. The minimum absolute atomic E-state index is 0.0146. The molecule has 43 heavy (non-hydrogen) atoms. The van der Waals surface area contributed by atoms with Crippen molar-refractivity contribution in [2.24, 2.45) is 11.5 Å². The summed E-state index contributed by atoms with van der Waals surface area (Å²) in [5.74, 6) is -0.336. The molecule has 1 aliphatic heterocycles. The van der Waals surface area contributed by atoms with Crippen molar-refractivity contribution >= 4 is 17.7 Å². The summed E-state index contributed by atoms with van der Waals surface area (Å²) in [6.45, 7) is 6.57. The number of carbonyl (C=O) groups excluding carboxylic acids is 3. The van der Waals surface area contributed by atoms with E-state index in [1.807, 2.05) is 45.0 Å². The number of hydrogen-bond acceptors (Lipinski definition) is 8. The quantitative estimate of drug-likeness (QED) is 0.344. The van der Waals surface area contributed by atoms with Crippen LogP contribution < -0.4 is 16.8 Å². The zero-order chi connectivity index (χ0) is 30.9. The lowest BCUT2D eigenvalue weighted by molar-refractivity contribution is -0.130. The number of nitrogens with zero attached hydrogens (tertiary/aromatic N) is 4. The second-order valence-electron chi connectivity index (χ2n) is 11.8. The number of nitrogens with two attached hydrogens (primary N) is 2. The molecule has 0 saturated carbocycles. The third-order valence-electron chi connectivity index (χ3n) is 8.60. The molecule has 1 saturated heterocycles. The number of nitrogens with one attached hydrogen (secondary N) is 1. The lowest BCUT2D eigenvalue weighted by Gasteiger charge is -2.36. The number of hydrogen-bond donors (Lipinski definition) is 3. The highest BCUT2D eigenvalue weighted by Crippen LogP contribution is 2.48. The van der Waals surface area contributed by atoms with Gasteiger partial charge in [0, 0.05) is 29.6 Å². The maximum absolute atomic E-state index is 13.1. The van der Waals surface area contributed by atoms with Crippen molar-refractivity contribution < 1.29 is 18.8 Å². The van der Waals surface area contributed by atoms with E-state index in [9.17, 15) is 19.6 Å². The third-order valence-corrected chi connectivity index (χ3v) is 8.60. The van der Waals surface area contributed by atoms with Crippen molar-refractivity contribution in [2.45, 2.75) is 76.3 Å². The first-order chi connectivity index (χ1) is 20.5. The summed E-state index contributed by atoms with van der Waals surface area (Å²) >= 11 is 0. The molecule has 2 aliphatic rings. The monoisotopic (exact) mass is 583 g/mol. The predicted molar refractivity (Wildman–Crippen MR) is 158 cm³/mol. The van der Waals surface area contributed by atoms with Gasteiger partial charge in [-0.3, -0.25) is 14.4 Å². The largest absolute Gasteiger partial charge is 0.424 e. The first kappa shape index (κ1) is 29.9. The summed E-state index contributed by atoms with van der Waals surface area (Å²) in [6, 6.07) is 12.4. The number of primary amides is 2. The van der Waals surface area contributed by atoms with Gasteiger partial charge >= 0.3 is 0 Å². The van der Waals surface area contributed by atoms with Gasteiger partial charge in [-0.15, -0.1) is 10.2 Å². The Labute approximate surface area is 250 Å². The van der Waals surface area contributed by atoms with E-state index in [0.717, 1.165) is 28.7 Å². The molecule has 224 valence electrons. The number of carbonyl (C=O) groups is 3. The lowest BCUT2D eigenvalue weighted by Crippen LogP contribution is -2.45. The maximum Gasteiger partial charge on any atom is 0.248 e. The van der Waals surface area contributed by atoms with Gasteiger partial charge in [-0.1, -0.05) is 26.0 Å². The van der Waals surface area contributed by atoms with Crippen LogP contribution in [-0.2, 0) is 23.1 Å². The van der Waals surface area contributed by atoms with Crippen molar-refractivity contribution in [2.75, 3.05) is 13.1 Å². The van der Waals surface area contributed by atoms with Crippen LogP contribution in [0.5, 0.6) is 0 Å². The fourth-order valence-corrected chi connectivity index (χ4v) is 6.43. The molecular weight excluding hydrogens is 546 g/mol. The molecule has 1 fully saturated rings. The van der Waals surface area contributed by atoms with Crippen molar-refractivity contribution in [3.05, 3.63) is 81.6 Å². The van der Waals surface area contributed by atoms with E-state index < -0.39 is 23.3 Å². The molecule has 11 nitrogen and oxygen atoms in total. The van der Waals surface area contributed by atoms with E-state index >= 15 is 0 Å². The van der Waals surface area contributed by atoms with Crippen LogP contribution in [0, 0.1) is 11.3 Å². The highest BCUT2D eigenvalue weighted by molar-refractivity contribution is 5.94. The van der Waals surface area contributed by atoms with Crippen LogP contribution >= 0.6 is 0 Å². The number of fused-ring (bicyclic) bond motifs is 2. The molecule has 0 spiro atoms. The number of likely N-dealkylation sites (tertiary alicyclic amines) is 1. The summed E-state index contributed by atoms with van der Waals surface area (Å²) in [6.07, 6.45) is 3.05. The van der Waals surface area contributed by atoms with Gasteiger partial charge < -0.3 is 26.1 Å². The van der Waals surface area contributed by atoms with Gasteiger partial charge in [-0.2, -0.15) is 5.26 Å². The molecule has 0 bridgehead atoms. The van der Waals surface area contributed by atoms with Crippen molar-refractivity contribution in [3.8, 4) is 6.07 Å². The Balaban J connectivity index is 1.64. The normalized spacial score (nSPS) is 17.9. The maximum atomic E-state index is 13.1. The molecule has 0 unspecified atom stereocenters. The topological polar surface area (TPSA) is 181 Å². The van der Waals surface area contributed by atoms with Crippen molar-refractivity contribution in [3.63, 3.8) is 0 Å². The number of aryl methyl sites for hydroxylation is 2. The molecule has 3 amide bonds. The highest BCUT2D eigenvalue weighted by Gasteiger charge is 2.47. The number of amides is 3. The summed E-state index contributed by atoms with van der Waals surface area (Å²) in [7, 11) is 0. The summed E-state index contributed by atoms with van der Waals surface area (Å²) in [5, 5.41) is 21.8. The zero-order valence-corrected chi connectivity index (χ0v) is 24.7. The van der Waals surface area contributed by atoms with E-state index in [2.05, 4.69) is 21.6 Å². The summed E-state index contributed by atoms with van der Waals surface area (Å²) < 4.78 is 6.40. The van der Waals surface area contributed by atoms with Gasteiger partial charge in [0.2, 0.25) is 29.5 Å². The fraction of sp³-hybridized carbons (Fsp3) is 0.438. The van der Waals surface area contributed by atoms with E-state index in [4.69, 9.17) is 15.9 Å². The molecule has 0 radical (unpaired) electrons. The molecule has 2 heterocycles. The summed E-state index contributed by atoms with van der Waals surface area (Å²) in [4.78, 5) is 39.0. The Kier molecular flexibility index (Phi) is 8.33. The minimum atomic E-state index is -0.994. The van der Waals surface area contributed by atoms with Gasteiger partial charge in [0.25, 0.3) is 0 Å². The van der Waals surface area contributed by atoms with Crippen LogP contribution in [0.1, 0.15) is 101 Å². The van der Waals surface area contributed by atoms with E-state index in [0.29, 0.717) is 55.1 Å². The second kappa shape index (κ2) is 12.0. The molecule has 2 atom stereocenters. The molecule has 1 aromatic heterocycles. The van der Waals surface area contributed by atoms with E-state index in [1.54, 1.807) is 17.0 Å². The van der Waals surface area contributed by atoms with Crippen LogP contribution in [-0.4, -0.2) is 58.0 Å². The molecule has 1 aliphatic carbocycles. The molecular formula is C32H37N7O4. The first-order valence-electron chi connectivity index (χ1n) is 14.7. The number of benzene rings is 2.